The number of hydrogen-bond acceptors (Lipinski definition) is 6. The second kappa shape index (κ2) is 9.48. The number of amides is 1. The van der Waals surface area contributed by atoms with Gasteiger partial charge in [-0.15, -0.1) is 0 Å². The summed E-state index contributed by atoms with van der Waals surface area (Å²) in [6.45, 7) is 1.29. The molecule has 1 amide bonds. The van der Waals surface area contributed by atoms with Crippen LogP contribution in [0.25, 0.3) is 5.65 Å². The molecule has 2 aromatic heterocycles. The van der Waals surface area contributed by atoms with Gasteiger partial charge >= 0.3 is 12.4 Å². The standard InChI is InChI=1S/C22H12ClF6N5O4/c1-10-5-16(22(27,28)29)33-19(30-10)17(23)18(32-33)20(35)31-12-7-13(34(36)37)9-15(8-12)38-14-4-2-3-11(6-14)21(24,25)26/h2-9H,1H3,(H,31,35). The van der Waals surface area contributed by atoms with Crippen LogP contribution in [0.2, 0.25) is 5.02 Å². The summed E-state index contributed by atoms with van der Waals surface area (Å²) < 4.78 is 85.0. The maximum absolute atomic E-state index is 13.4. The largest absolute Gasteiger partial charge is 0.457 e. The van der Waals surface area contributed by atoms with Gasteiger partial charge in [-0.1, -0.05) is 17.7 Å². The number of aryl methyl sites for hydroxylation is 1. The van der Waals surface area contributed by atoms with Crippen LogP contribution in [0.5, 0.6) is 11.5 Å². The molecule has 9 nitrogen and oxygen atoms in total. The van der Waals surface area contributed by atoms with Gasteiger partial charge in [0.2, 0.25) is 0 Å². The Hall–Kier alpha value is -4.40. The first kappa shape index (κ1) is 26.7. The van der Waals surface area contributed by atoms with Crippen LogP contribution in [0.3, 0.4) is 0 Å². The molecule has 2 heterocycles. The van der Waals surface area contributed by atoms with Gasteiger partial charge in [-0.05, 0) is 31.2 Å². The molecule has 4 aromatic rings. The minimum Gasteiger partial charge on any atom is -0.457 e. The third-order valence-corrected chi connectivity index (χ3v) is 5.27. The van der Waals surface area contributed by atoms with E-state index in [9.17, 15) is 41.3 Å². The molecule has 0 spiro atoms. The van der Waals surface area contributed by atoms with Gasteiger partial charge < -0.3 is 10.1 Å². The fourth-order valence-corrected chi connectivity index (χ4v) is 3.59. The van der Waals surface area contributed by atoms with Gasteiger partial charge in [0.05, 0.1) is 22.2 Å². The number of fused-ring (bicyclic) bond motifs is 1. The van der Waals surface area contributed by atoms with Crippen molar-refractivity contribution in [2.75, 3.05) is 5.32 Å². The maximum atomic E-state index is 13.4. The zero-order valence-corrected chi connectivity index (χ0v) is 19.4. The highest BCUT2D eigenvalue weighted by Crippen LogP contribution is 2.35. The molecule has 0 aliphatic carbocycles. The second-order valence-electron chi connectivity index (χ2n) is 7.73. The maximum Gasteiger partial charge on any atom is 0.433 e. The van der Waals surface area contributed by atoms with Crippen LogP contribution in [0.15, 0.2) is 48.5 Å². The van der Waals surface area contributed by atoms with Crippen molar-refractivity contribution in [1.29, 1.82) is 0 Å². The Kier molecular flexibility index (Phi) is 6.65. The van der Waals surface area contributed by atoms with Crippen LogP contribution in [0, 0.1) is 17.0 Å². The minimum absolute atomic E-state index is 0.0475. The summed E-state index contributed by atoms with van der Waals surface area (Å²) in [6.07, 6.45) is -9.53. The van der Waals surface area contributed by atoms with Gasteiger partial charge in [-0.2, -0.15) is 31.4 Å². The fraction of sp³-hybridized carbons (Fsp3) is 0.136. The van der Waals surface area contributed by atoms with Gasteiger partial charge in [0.1, 0.15) is 22.2 Å². The van der Waals surface area contributed by atoms with E-state index < -0.39 is 56.5 Å². The Morgan fingerprint density at radius 2 is 1.76 bits per heavy atom. The summed E-state index contributed by atoms with van der Waals surface area (Å²) in [5.74, 6) is -1.76. The molecule has 0 aliphatic heterocycles. The van der Waals surface area contributed by atoms with E-state index in [0.29, 0.717) is 16.6 Å². The second-order valence-corrected chi connectivity index (χ2v) is 8.11. The molecular formula is C22H12ClF6N5O4. The SMILES string of the molecule is Cc1cc(C(F)(F)F)n2nc(C(=O)Nc3cc(Oc4cccc(C(F)(F)F)c4)cc([N+](=O)[O-])c3)c(Cl)c2n1. The molecule has 0 unspecified atom stereocenters. The molecule has 0 bridgehead atoms. The fourth-order valence-electron chi connectivity index (χ4n) is 3.34. The monoisotopic (exact) mass is 559 g/mol. The van der Waals surface area contributed by atoms with E-state index in [1.165, 1.54) is 13.0 Å². The first-order valence-electron chi connectivity index (χ1n) is 10.2. The van der Waals surface area contributed by atoms with Crippen molar-refractivity contribution in [3.8, 4) is 11.5 Å². The average Bonchev–Trinajstić information content (AvgIpc) is 3.13. The molecule has 0 saturated carbocycles. The number of nitrogens with zero attached hydrogens (tertiary/aromatic N) is 4. The molecule has 0 saturated heterocycles. The number of carbonyl (C=O) groups excluding carboxylic acids is 1. The third kappa shape index (κ3) is 5.46. The van der Waals surface area contributed by atoms with E-state index in [0.717, 1.165) is 30.3 Å². The first-order valence-corrected chi connectivity index (χ1v) is 10.6. The summed E-state index contributed by atoms with van der Waals surface area (Å²) in [5.41, 5.74) is -4.32. The van der Waals surface area contributed by atoms with E-state index in [2.05, 4.69) is 15.4 Å². The van der Waals surface area contributed by atoms with Crippen LogP contribution in [0.1, 0.15) is 27.4 Å². The highest BCUT2D eigenvalue weighted by Gasteiger charge is 2.36. The summed E-state index contributed by atoms with van der Waals surface area (Å²) in [7, 11) is 0. The predicted octanol–water partition coefficient (Wildman–Crippen LogP) is 6.68. The number of aromatic nitrogens is 3. The van der Waals surface area contributed by atoms with Crippen molar-refractivity contribution in [1.82, 2.24) is 14.6 Å². The lowest BCUT2D eigenvalue weighted by Crippen LogP contribution is -2.16. The van der Waals surface area contributed by atoms with E-state index >= 15 is 0 Å². The summed E-state index contributed by atoms with van der Waals surface area (Å²) in [4.78, 5) is 27.2. The number of nitro groups is 1. The minimum atomic E-state index is -4.86. The summed E-state index contributed by atoms with van der Waals surface area (Å²) in [6, 6.07) is 7.25. The third-order valence-electron chi connectivity index (χ3n) is 4.92. The molecule has 0 radical (unpaired) electrons. The molecule has 0 fully saturated rings. The molecule has 2 aromatic carbocycles. The number of carbonyl (C=O) groups is 1. The lowest BCUT2D eigenvalue weighted by molar-refractivity contribution is -0.384. The Labute approximate surface area is 212 Å². The van der Waals surface area contributed by atoms with Crippen LogP contribution in [-0.2, 0) is 12.4 Å². The van der Waals surface area contributed by atoms with Gasteiger partial charge in [0.15, 0.2) is 11.3 Å². The van der Waals surface area contributed by atoms with Gasteiger partial charge in [-0.25, -0.2) is 9.50 Å². The molecule has 38 heavy (non-hydrogen) atoms. The normalized spacial score (nSPS) is 12.0. The molecular weight excluding hydrogens is 548 g/mol. The van der Waals surface area contributed by atoms with Gasteiger partial charge in [-0.3, -0.25) is 14.9 Å². The average molecular weight is 560 g/mol. The van der Waals surface area contributed by atoms with Gasteiger partial charge in [0, 0.05) is 17.8 Å². The number of halogens is 7. The van der Waals surface area contributed by atoms with E-state index in [1.54, 1.807) is 0 Å². The Bertz CT molecular complexity index is 1590. The zero-order chi connectivity index (χ0) is 28.0. The van der Waals surface area contributed by atoms with Crippen LogP contribution < -0.4 is 10.1 Å². The molecule has 16 heteroatoms. The number of rotatable bonds is 5. The zero-order valence-electron chi connectivity index (χ0n) is 18.7. The van der Waals surface area contributed by atoms with Crippen molar-refractivity contribution < 1.29 is 40.8 Å². The smallest absolute Gasteiger partial charge is 0.433 e. The number of non-ortho nitro benzene ring substituents is 1. The van der Waals surface area contributed by atoms with Crippen molar-refractivity contribution >= 4 is 34.5 Å². The number of nitrogens with one attached hydrogen (secondary N) is 1. The summed E-state index contributed by atoms with van der Waals surface area (Å²) >= 11 is 6.09. The molecule has 1 N–H and O–H groups in total. The van der Waals surface area contributed by atoms with Crippen LogP contribution in [-0.4, -0.2) is 25.4 Å². The number of anilines is 1. The lowest BCUT2D eigenvalue weighted by atomic mass is 10.2. The van der Waals surface area contributed by atoms with Crippen molar-refractivity contribution in [2.24, 2.45) is 0 Å². The van der Waals surface area contributed by atoms with Crippen molar-refractivity contribution in [2.45, 2.75) is 19.3 Å². The van der Waals surface area contributed by atoms with Crippen LogP contribution >= 0.6 is 11.6 Å². The van der Waals surface area contributed by atoms with Crippen molar-refractivity contribution in [3.05, 3.63) is 86.3 Å². The highest BCUT2D eigenvalue weighted by molar-refractivity contribution is 6.37. The van der Waals surface area contributed by atoms with E-state index in [4.69, 9.17) is 16.3 Å². The summed E-state index contributed by atoms with van der Waals surface area (Å²) in [5, 5.41) is 16.7. The number of benzene rings is 2. The number of nitro benzene ring substituents is 1. The molecule has 0 atom stereocenters. The number of hydrogen-bond donors (Lipinski definition) is 1. The molecule has 198 valence electrons. The molecule has 4 rings (SSSR count). The predicted molar refractivity (Wildman–Crippen MR) is 120 cm³/mol. The van der Waals surface area contributed by atoms with Crippen LogP contribution in [0.4, 0.5) is 37.7 Å². The highest BCUT2D eigenvalue weighted by atomic mass is 35.5. The quantitative estimate of drug-likeness (QED) is 0.166. The number of alkyl halides is 6. The Morgan fingerprint density at radius 3 is 2.39 bits per heavy atom. The first-order chi connectivity index (χ1) is 17.6. The number of ether oxygens (including phenoxy) is 1. The van der Waals surface area contributed by atoms with E-state index in [1.807, 2.05) is 0 Å². The van der Waals surface area contributed by atoms with Gasteiger partial charge in [0.25, 0.3) is 11.6 Å². The van der Waals surface area contributed by atoms with Crippen molar-refractivity contribution in [3.63, 3.8) is 0 Å². The Morgan fingerprint density at radius 1 is 1.05 bits per heavy atom. The topological polar surface area (TPSA) is 112 Å². The van der Waals surface area contributed by atoms with E-state index in [-0.39, 0.29) is 22.9 Å². The molecule has 0 aliphatic rings. The lowest BCUT2D eigenvalue weighted by Gasteiger charge is -2.11. The Balaban J connectivity index is 1.69.